The van der Waals surface area contributed by atoms with Gasteiger partial charge in [0, 0.05) is 28.3 Å². The molecule has 2 aliphatic heterocycles. The van der Waals surface area contributed by atoms with Gasteiger partial charge in [0.15, 0.2) is 27.8 Å². The molecular weight excluding hydrogens is 1190 g/mol. The number of thiazole rings is 1. The molecule has 424 valence electrons. The third kappa shape index (κ3) is 14.3. The van der Waals surface area contributed by atoms with Crippen molar-refractivity contribution in [3.8, 4) is 11.5 Å². The van der Waals surface area contributed by atoms with E-state index in [2.05, 4.69) is 31.7 Å². The molecule has 2 atom stereocenters. The Kier molecular flexibility index (Phi) is 18.1. The number of benzene rings is 4. The fraction of sp³-hybridized carbons (Fsp3) is 0.316. The van der Waals surface area contributed by atoms with Crippen molar-refractivity contribution in [2.24, 2.45) is 5.16 Å². The summed E-state index contributed by atoms with van der Waals surface area (Å²) in [6.45, 7) is 14.2. The molecule has 2 aromatic heterocycles. The van der Waals surface area contributed by atoms with Gasteiger partial charge in [-0.3, -0.25) is 19.3 Å². The molecule has 0 bridgehead atoms. The number of nitrogens with one attached hydrogen (secondary N) is 2. The maximum atomic E-state index is 14.5. The molecule has 1 unspecified atom stereocenters. The standard InChI is InChI=1S/C57H56BrN5O14S4/c1-54(2,3)75-39(65)27-72-62-42(36-30-80-51(59-36)61-57(32-19-13-10-14-20-32,33-21-15-11-16-22-33)34-23-17-12-18-24-34)47(66)60-43-48(67)63-44(50(68)69)31(29-79-49(43)63)28-78-40-26-37(64)35-25-38(73-52(70)76-55(4,5)6)45(41(58)46(35)81-40)74-53(71)77-56(7,8)9/h10-26,30,43,49H,27-29H2,1-9H3,(H,59,61)(H,60,66)(H,68,69)/t43?,49-/m0/s1. The van der Waals surface area contributed by atoms with Crippen molar-refractivity contribution in [3.63, 3.8) is 0 Å². The molecule has 19 nitrogen and oxygen atoms in total. The number of fused-ring (bicyclic) bond motifs is 2. The SMILES string of the molecule is CC(C)(C)OC(=O)CON=C(C(=O)NC1C(=O)N2C(C(=O)O)=C(CSc3cc(=O)c4cc(OC(=O)OC(C)(C)C)c(OC(=O)OC(C)(C)C)c(Br)c4s3)CS[C@@H]12)c1csc(NC(c2ccccc2)(c2ccccc2)c2ccccc2)n1. The average molecular weight is 1240 g/mol. The van der Waals surface area contributed by atoms with Gasteiger partial charge in [-0.1, -0.05) is 96.2 Å². The lowest BCUT2D eigenvalue weighted by Crippen LogP contribution is -2.71. The highest BCUT2D eigenvalue weighted by Gasteiger charge is 2.54. The number of carbonyl (C=O) groups is 6. The summed E-state index contributed by atoms with van der Waals surface area (Å²) in [6.07, 6.45) is -2.24. The van der Waals surface area contributed by atoms with Gasteiger partial charge in [0.2, 0.25) is 6.61 Å². The van der Waals surface area contributed by atoms with E-state index in [0.717, 1.165) is 44.7 Å². The van der Waals surface area contributed by atoms with Crippen molar-refractivity contribution in [2.75, 3.05) is 23.4 Å². The quantitative estimate of drug-likeness (QED) is 0.0112. The maximum Gasteiger partial charge on any atom is 0.514 e. The summed E-state index contributed by atoms with van der Waals surface area (Å²) in [4.78, 5) is 105. The second-order valence-corrected chi connectivity index (χ2v) is 26.3. The molecule has 24 heteroatoms. The zero-order valence-corrected chi connectivity index (χ0v) is 50.1. The molecule has 81 heavy (non-hydrogen) atoms. The highest BCUT2D eigenvalue weighted by molar-refractivity contribution is 9.10. The predicted octanol–water partition coefficient (Wildman–Crippen LogP) is 11.1. The van der Waals surface area contributed by atoms with E-state index in [1.807, 2.05) is 91.0 Å². The van der Waals surface area contributed by atoms with Crippen molar-refractivity contribution >= 4 is 119 Å². The lowest BCUT2D eigenvalue weighted by molar-refractivity contribution is -0.160. The molecular formula is C57H56BrN5O14S4. The molecule has 4 aromatic carbocycles. The third-order valence-electron chi connectivity index (χ3n) is 11.6. The van der Waals surface area contributed by atoms with Crippen LogP contribution in [0.1, 0.15) is 84.7 Å². The Bertz CT molecular complexity index is 3420. The van der Waals surface area contributed by atoms with E-state index in [9.17, 15) is 38.7 Å². The third-order valence-corrected chi connectivity index (χ3v) is 17.1. The molecule has 0 aliphatic carbocycles. The Labute approximate surface area is 490 Å². The van der Waals surface area contributed by atoms with Crippen LogP contribution in [0.4, 0.5) is 14.7 Å². The van der Waals surface area contributed by atoms with Gasteiger partial charge in [0.25, 0.3) is 11.8 Å². The summed E-state index contributed by atoms with van der Waals surface area (Å²) in [5.74, 6) is -4.17. The number of aliphatic carboxylic acids is 1. The van der Waals surface area contributed by atoms with E-state index in [4.69, 9.17) is 33.5 Å². The number of halogens is 1. The number of β-lactam (4-membered cyclic amide) rings is 1. The molecule has 2 aliphatic rings. The number of amides is 2. The van der Waals surface area contributed by atoms with Crippen molar-refractivity contribution in [3.05, 3.63) is 157 Å². The van der Waals surface area contributed by atoms with E-state index in [1.54, 1.807) is 67.7 Å². The highest BCUT2D eigenvalue weighted by atomic mass is 79.9. The van der Waals surface area contributed by atoms with Crippen molar-refractivity contribution in [1.29, 1.82) is 0 Å². The Hall–Kier alpha value is -7.25. The average Bonchev–Trinajstić information content (AvgIpc) is 4.03. The first kappa shape index (κ1) is 59.9. The molecule has 1 saturated heterocycles. The van der Waals surface area contributed by atoms with Gasteiger partial charge in [-0.25, -0.2) is 24.2 Å². The minimum atomic E-state index is -1.39. The van der Waals surface area contributed by atoms with Crippen LogP contribution in [0.15, 0.2) is 138 Å². The summed E-state index contributed by atoms with van der Waals surface area (Å²) >= 11 is 8.09. The summed E-state index contributed by atoms with van der Waals surface area (Å²) in [6, 6.07) is 30.8. The van der Waals surface area contributed by atoms with Crippen molar-refractivity contribution < 1.29 is 62.4 Å². The number of anilines is 1. The minimum Gasteiger partial charge on any atom is -0.477 e. The lowest BCUT2D eigenvalue weighted by Gasteiger charge is -2.49. The normalized spacial score (nSPS) is 15.7. The smallest absolute Gasteiger partial charge is 0.477 e. The number of hydrogen-bond acceptors (Lipinski definition) is 20. The highest BCUT2D eigenvalue weighted by Crippen LogP contribution is 2.47. The first-order valence-electron chi connectivity index (χ1n) is 25.0. The van der Waals surface area contributed by atoms with Gasteiger partial charge in [-0.05, 0) is 107 Å². The van der Waals surface area contributed by atoms with Gasteiger partial charge in [-0.15, -0.1) is 46.2 Å². The van der Waals surface area contributed by atoms with Gasteiger partial charge in [-0.2, -0.15) is 0 Å². The molecule has 0 spiro atoms. The van der Waals surface area contributed by atoms with Gasteiger partial charge in [0.05, 0.1) is 13.4 Å². The molecule has 6 aromatic rings. The number of carboxylic acids is 1. The Balaban J connectivity index is 1.05. The lowest BCUT2D eigenvalue weighted by atomic mass is 9.77. The number of carbonyl (C=O) groups excluding carboxylic acids is 5. The Morgan fingerprint density at radius 2 is 1.35 bits per heavy atom. The number of rotatable bonds is 17. The first-order chi connectivity index (χ1) is 38.2. The second-order valence-electron chi connectivity index (χ2n) is 21.2. The molecule has 0 saturated carbocycles. The molecule has 4 heterocycles. The molecule has 0 radical (unpaired) electrons. The summed E-state index contributed by atoms with van der Waals surface area (Å²) < 4.78 is 27.9. The number of thioether (sulfide) groups is 2. The topological polar surface area (TPSA) is 248 Å². The van der Waals surface area contributed by atoms with Crippen LogP contribution in [-0.2, 0) is 43.8 Å². The number of oxime groups is 1. The van der Waals surface area contributed by atoms with Crippen molar-refractivity contribution in [2.45, 2.75) is 100 Å². The van der Waals surface area contributed by atoms with Crippen molar-refractivity contribution in [1.82, 2.24) is 15.2 Å². The second kappa shape index (κ2) is 24.5. The largest absolute Gasteiger partial charge is 0.514 e. The number of hydrogen-bond donors (Lipinski definition) is 3. The molecule has 1 fully saturated rings. The number of esters is 1. The molecule has 8 rings (SSSR count). The predicted molar refractivity (Wildman–Crippen MR) is 313 cm³/mol. The minimum absolute atomic E-state index is 0.0222. The number of ether oxygens (including phenoxy) is 5. The van der Waals surface area contributed by atoms with E-state index in [1.165, 1.54) is 35.2 Å². The van der Waals surface area contributed by atoms with Crippen LogP contribution < -0.4 is 25.5 Å². The van der Waals surface area contributed by atoms with Crippen LogP contribution >= 0.6 is 62.1 Å². The number of nitrogens with zero attached hydrogens (tertiary/aromatic N) is 3. The van der Waals surface area contributed by atoms with Gasteiger partial charge >= 0.3 is 24.2 Å². The Morgan fingerprint density at radius 1 is 0.790 bits per heavy atom. The first-order valence-corrected chi connectivity index (χ1v) is 29.5. The van der Waals surface area contributed by atoms with Crippen LogP contribution in [0.5, 0.6) is 11.5 Å². The van der Waals surface area contributed by atoms with Crippen LogP contribution in [0, 0.1) is 0 Å². The van der Waals surface area contributed by atoms with Gasteiger partial charge < -0.3 is 44.3 Å². The monoisotopic (exact) mass is 1240 g/mol. The van der Waals surface area contributed by atoms with Crippen LogP contribution in [0.25, 0.3) is 10.1 Å². The van der Waals surface area contributed by atoms with E-state index in [0.29, 0.717) is 19.6 Å². The molecule has 3 N–H and O–H groups in total. The number of carboxylic acid groups (broad SMARTS) is 1. The number of aromatic nitrogens is 1. The van der Waals surface area contributed by atoms with E-state index in [-0.39, 0.29) is 50.0 Å². The Morgan fingerprint density at radius 3 is 1.89 bits per heavy atom. The summed E-state index contributed by atoms with van der Waals surface area (Å²) in [7, 11) is 0. The van der Waals surface area contributed by atoms with Crippen LogP contribution in [0.3, 0.4) is 0 Å². The zero-order valence-electron chi connectivity index (χ0n) is 45.3. The van der Waals surface area contributed by atoms with Crippen LogP contribution in [-0.4, -0.2) is 103 Å². The fourth-order valence-corrected chi connectivity index (χ4v) is 13.6. The fourth-order valence-electron chi connectivity index (χ4n) is 8.41. The van der Waals surface area contributed by atoms with Gasteiger partial charge in [0.1, 0.15) is 45.1 Å². The molecule has 2 amide bonds. The summed E-state index contributed by atoms with van der Waals surface area (Å²) in [5, 5.41) is 22.3. The van der Waals surface area contributed by atoms with Crippen LogP contribution in [0.2, 0.25) is 0 Å². The van der Waals surface area contributed by atoms with E-state index < -0.39 is 81.9 Å². The summed E-state index contributed by atoms with van der Waals surface area (Å²) in [5.41, 5.74) is -1.79. The zero-order chi connectivity index (χ0) is 58.6. The maximum absolute atomic E-state index is 14.5. The van der Waals surface area contributed by atoms with E-state index >= 15 is 0 Å².